The number of carboxylic acid groups (broad SMARTS) is 1. The Morgan fingerprint density at radius 2 is 2.14 bits per heavy atom. The molecule has 1 aliphatic rings. The van der Waals surface area contributed by atoms with Gasteiger partial charge in [-0.1, -0.05) is 17.3 Å². The van der Waals surface area contributed by atoms with Gasteiger partial charge >= 0.3 is 5.97 Å². The standard InChI is InChI=1S/C14H14N2O5/c17-13(15-11-7-20-6-9(11)14(18)19)5-10-8-3-1-2-4-12(8)21-16-10/h1-4,9,11H,5-7H2,(H,15,17)(H,18,19). The maximum atomic E-state index is 12.0. The summed E-state index contributed by atoms with van der Waals surface area (Å²) in [6, 6.07) is 6.76. The van der Waals surface area contributed by atoms with Crippen molar-refractivity contribution in [2.45, 2.75) is 12.5 Å². The van der Waals surface area contributed by atoms with Crippen LogP contribution >= 0.6 is 0 Å². The van der Waals surface area contributed by atoms with Gasteiger partial charge in [-0.05, 0) is 12.1 Å². The summed E-state index contributed by atoms with van der Waals surface area (Å²) in [6.07, 6.45) is 0.0415. The third kappa shape index (κ3) is 2.73. The zero-order valence-corrected chi connectivity index (χ0v) is 11.1. The summed E-state index contributed by atoms with van der Waals surface area (Å²) in [5.41, 5.74) is 1.15. The second kappa shape index (κ2) is 5.53. The third-order valence-electron chi connectivity index (χ3n) is 3.52. The first kappa shape index (κ1) is 13.6. The Hall–Kier alpha value is -2.41. The Morgan fingerprint density at radius 1 is 1.33 bits per heavy atom. The van der Waals surface area contributed by atoms with Crippen molar-refractivity contribution in [2.75, 3.05) is 13.2 Å². The molecule has 0 saturated carbocycles. The van der Waals surface area contributed by atoms with E-state index < -0.39 is 17.9 Å². The fourth-order valence-corrected chi connectivity index (χ4v) is 2.42. The molecule has 1 aromatic heterocycles. The number of carbonyl (C=O) groups is 2. The molecule has 0 bridgehead atoms. The molecule has 1 fully saturated rings. The van der Waals surface area contributed by atoms with E-state index in [-0.39, 0.29) is 25.5 Å². The lowest BCUT2D eigenvalue weighted by molar-refractivity contribution is -0.142. The Labute approximate surface area is 119 Å². The molecule has 0 radical (unpaired) electrons. The molecule has 1 saturated heterocycles. The van der Waals surface area contributed by atoms with E-state index in [1.807, 2.05) is 18.2 Å². The molecule has 2 unspecified atom stereocenters. The Kier molecular flexibility index (Phi) is 3.57. The number of aliphatic carboxylic acids is 1. The molecule has 2 heterocycles. The lowest BCUT2D eigenvalue weighted by atomic mass is 10.0. The van der Waals surface area contributed by atoms with E-state index in [2.05, 4.69) is 10.5 Å². The quantitative estimate of drug-likeness (QED) is 0.854. The Morgan fingerprint density at radius 3 is 2.95 bits per heavy atom. The number of benzene rings is 1. The lowest BCUT2D eigenvalue weighted by Crippen LogP contribution is -2.43. The number of ether oxygens (including phenoxy) is 1. The van der Waals surface area contributed by atoms with Crippen LogP contribution in [0, 0.1) is 5.92 Å². The normalized spacial score (nSPS) is 21.5. The summed E-state index contributed by atoms with van der Waals surface area (Å²) >= 11 is 0. The Balaban J connectivity index is 1.68. The number of rotatable bonds is 4. The molecule has 7 heteroatoms. The van der Waals surface area contributed by atoms with Crippen LogP contribution in [0.3, 0.4) is 0 Å². The first-order chi connectivity index (χ1) is 10.1. The highest BCUT2D eigenvalue weighted by Gasteiger charge is 2.35. The second-order valence-corrected chi connectivity index (χ2v) is 4.96. The predicted octanol–water partition coefficient (Wildman–Crippen LogP) is 0.586. The second-order valence-electron chi connectivity index (χ2n) is 4.96. The van der Waals surface area contributed by atoms with E-state index in [9.17, 15) is 9.59 Å². The van der Waals surface area contributed by atoms with Crippen LogP contribution in [-0.4, -0.2) is 41.4 Å². The number of carbonyl (C=O) groups excluding carboxylic acids is 1. The van der Waals surface area contributed by atoms with Crippen molar-refractivity contribution in [2.24, 2.45) is 5.92 Å². The van der Waals surface area contributed by atoms with Crippen molar-refractivity contribution in [3.05, 3.63) is 30.0 Å². The van der Waals surface area contributed by atoms with E-state index in [0.717, 1.165) is 5.39 Å². The minimum Gasteiger partial charge on any atom is -0.481 e. The molecule has 2 aromatic rings. The summed E-state index contributed by atoms with van der Waals surface area (Å²) < 4.78 is 10.2. The van der Waals surface area contributed by atoms with Crippen molar-refractivity contribution in [3.8, 4) is 0 Å². The minimum atomic E-state index is -0.968. The van der Waals surface area contributed by atoms with Crippen molar-refractivity contribution >= 4 is 22.8 Å². The van der Waals surface area contributed by atoms with E-state index in [1.54, 1.807) is 6.07 Å². The van der Waals surface area contributed by atoms with E-state index in [1.165, 1.54) is 0 Å². The van der Waals surface area contributed by atoms with Crippen LogP contribution in [0.5, 0.6) is 0 Å². The third-order valence-corrected chi connectivity index (χ3v) is 3.52. The average Bonchev–Trinajstić information content (AvgIpc) is 3.06. The smallest absolute Gasteiger partial charge is 0.311 e. The minimum absolute atomic E-state index is 0.0415. The zero-order valence-electron chi connectivity index (χ0n) is 11.1. The monoisotopic (exact) mass is 290 g/mol. The molecular weight excluding hydrogens is 276 g/mol. The largest absolute Gasteiger partial charge is 0.481 e. The van der Waals surface area contributed by atoms with Gasteiger partial charge in [-0.3, -0.25) is 9.59 Å². The van der Waals surface area contributed by atoms with Gasteiger partial charge in [0.05, 0.1) is 25.7 Å². The molecule has 3 rings (SSSR count). The van der Waals surface area contributed by atoms with E-state index in [0.29, 0.717) is 11.3 Å². The molecule has 1 aliphatic heterocycles. The molecule has 110 valence electrons. The number of hydrogen-bond donors (Lipinski definition) is 2. The highest BCUT2D eigenvalue weighted by Crippen LogP contribution is 2.19. The summed E-state index contributed by atoms with van der Waals surface area (Å²) in [5, 5.41) is 16.4. The summed E-state index contributed by atoms with van der Waals surface area (Å²) in [5.74, 6) is -1.97. The maximum absolute atomic E-state index is 12.0. The van der Waals surface area contributed by atoms with Gasteiger partial charge < -0.3 is 19.7 Å². The first-order valence-corrected chi connectivity index (χ1v) is 6.58. The van der Waals surface area contributed by atoms with Crippen LogP contribution in [0.15, 0.2) is 28.8 Å². The summed E-state index contributed by atoms with van der Waals surface area (Å²) in [7, 11) is 0. The van der Waals surface area contributed by atoms with Gasteiger partial charge in [-0.15, -0.1) is 0 Å². The van der Waals surface area contributed by atoms with E-state index in [4.69, 9.17) is 14.4 Å². The topological polar surface area (TPSA) is 102 Å². The molecule has 1 aromatic carbocycles. The highest BCUT2D eigenvalue weighted by molar-refractivity contribution is 5.86. The van der Waals surface area contributed by atoms with Crippen LogP contribution in [0.4, 0.5) is 0 Å². The van der Waals surface area contributed by atoms with Gasteiger partial charge in [0.15, 0.2) is 5.58 Å². The lowest BCUT2D eigenvalue weighted by Gasteiger charge is -2.15. The number of amides is 1. The maximum Gasteiger partial charge on any atom is 0.311 e. The molecule has 0 spiro atoms. The van der Waals surface area contributed by atoms with E-state index >= 15 is 0 Å². The molecule has 1 amide bonds. The van der Waals surface area contributed by atoms with Crippen LogP contribution in [0.1, 0.15) is 5.69 Å². The van der Waals surface area contributed by atoms with Gasteiger partial charge in [0, 0.05) is 5.39 Å². The molecule has 7 nitrogen and oxygen atoms in total. The molecular formula is C14H14N2O5. The Bertz CT molecular complexity index is 681. The fraction of sp³-hybridized carbons (Fsp3) is 0.357. The first-order valence-electron chi connectivity index (χ1n) is 6.58. The number of nitrogens with zero attached hydrogens (tertiary/aromatic N) is 1. The number of nitrogens with one attached hydrogen (secondary N) is 1. The summed E-state index contributed by atoms with van der Waals surface area (Å²) in [4.78, 5) is 23.1. The van der Waals surface area contributed by atoms with Gasteiger partial charge in [-0.2, -0.15) is 0 Å². The summed E-state index contributed by atoms with van der Waals surface area (Å²) in [6.45, 7) is 0.329. The number of para-hydroxylation sites is 1. The highest BCUT2D eigenvalue weighted by atomic mass is 16.5. The molecule has 0 aliphatic carbocycles. The van der Waals surface area contributed by atoms with Crippen LogP contribution in [0.25, 0.3) is 11.0 Å². The van der Waals surface area contributed by atoms with Gasteiger partial charge in [0.25, 0.3) is 0 Å². The molecule has 21 heavy (non-hydrogen) atoms. The number of hydrogen-bond acceptors (Lipinski definition) is 5. The number of carboxylic acids is 1. The predicted molar refractivity (Wildman–Crippen MR) is 71.6 cm³/mol. The van der Waals surface area contributed by atoms with Crippen LogP contribution in [-0.2, 0) is 20.7 Å². The molecule has 2 N–H and O–H groups in total. The van der Waals surface area contributed by atoms with Crippen LogP contribution in [0.2, 0.25) is 0 Å². The SMILES string of the molecule is O=C(Cc1noc2ccccc12)NC1COCC1C(=O)O. The van der Waals surface area contributed by atoms with Gasteiger partial charge in [-0.25, -0.2) is 0 Å². The van der Waals surface area contributed by atoms with Gasteiger partial charge in [0.2, 0.25) is 5.91 Å². The average molecular weight is 290 g/mol. The fourth-order valence-electron chi connectivity index (χ4n) is 2.42. The van der Waals surface area contributed by atoms with Crippen molar-refractivity contribution in [1.82, 2.24) is 10.5 Å². The number of fused-ring (bicyclic) bond motifs is 1. The van der Waals surface area contributed by atoms with Crippen molar-refractivity contribution in [3.63, 3.8) is 0 Å². The van der Waals surface area contributed by atoms with Gasteiger partial charge in [0.1, 0.15) is 11.6 Å². The van der Waals surface area contributed by atoms with Crippen molar-refractivity contribution in [1.29, 1.82) is 0 Å². The molecule has 2 atom stereocenters. The van der Waals surface area contributed by atoms with Crippen LogP contribution < -0.4 is 5.32 Å². The van der Waals surface area contributed by atoms with Crippen molar-refractivity contribution < 1.29 is 24.0 Å². The number of aromatic nitrogens is 1. The zero-order chi connectivity index (χ0) is 14.8.